The standard InChI is InChI=1S/C13H20N4O.2ClH/c1-10-7-11(2)17(16-10)9-13(18)15-8-12-3-5-14-6-4-12;;/h3,7,14H,4-6,8-9H2,1-2H3,(H,15,18);2*1H. The second-order valence-corrected chi connectivity index (χ2v) is 4.68. The molecule has 0 spiro atoms. The van der Waals surface area contributed by atoms with Crippen molar-refractivity contribution in [3.05, 3.63) is 29.1 Å². The Morgan fingerprint density at radius 2 is 2.20 bits per heavy atom. The number of amides is 1. The van der Waals surface area contributed by atoms with Gasteiger partial charge in [0.2, 0.25) is 5.91 Å². The maximum absolute atomic E-state index is 11.8. The Kier molecular flexibility index (Phi) is 8.53. The van der Waals surface area contributed by atoms with E-state index in [1.807, 2.05) is 19.9 Å². The van der Waals surface area contributed by atoms with E-state index in [2.05, 4.69) is 21.8 Å². The first-order valence-corrected chi connectivity index (χ1v) is 6.31. The highest BCUT2D eigenvalue weighted by Gasteiger charge is 2.08. The van der Waals surface area contributed by atoms with Crippen molar-refractivity contribution in [2.75, 3.05) is 19.6 Å². The highest BCUT2D eigenvalue weighted by Crippen LogP contribution is 2.03. The van der Waals surface area contributed by atoms with Crippen molar-refractivity contribution >= 4 is 30.7 Å². The van der Waals surface area contributed by atoms with Gasteiger partial charge < -0.3 is 10.6 Å². The molecule has 1 aromatic rings. The Hall–Kier alpha value is -1.04. The van der Waals surface area contributed by atoms with E-state index in [9.17, 15) is 4.79 Å². The third kappa shape index (κ3) is 5.53. The molecule has 114 valence electrons. The van der Waals surface area contributed by atoms with Crippen LogP contribution in [0.2, 0.25) is 0 Å². The fourth-order valence-electron chi connectivity index (χ4n) is 2.07. The molecular formula is C13H22Cl2N4O. The van der Waals surface area contributed by atoms with Gasteiger partial charge in [0.05, 0.1) is 5.69 Å². The smallest absolute Gasteiger partial charge is 0.241 e. The molecule has 0 aromatic carbocycles. The number of carbonyl (C=O) groups is 1. The number of halogens is 2. The summed E-state index contributed by atoms with van der Waals surface area (Å²) in [6.07, 6.45) is 3.16. The number of carbonyl (C=O) groups excluding carboxylic acids is 1. The van der Waals surface area contributed by atoms with Crippen molar-refractivity contribution < 1.29 is 4.79 Å². The Labute approximate surface area is 132 Å². The molecule has 0 unspecified atom stereocenters. The van der Waals surface area contributed by atoms with Crippen molar-refractivity contribution in [1.29, 1.82) is 0 Å². The molecule has 2 N–H and O–H groups in total. The summed E-state index contributed by atoms with van der Waals surface area (Å²) in [7, 11) is 0. The minimum atomic E-state index is 0. The molecule has 0 saturated carbocycles. The molecule has 0 radical (unpaired) electrons. The van der Waals surface area contributed by atoms with Crippen LogP contribution in [-0.2, 0) is 11.3 Å². The summed E-state index contributed by atoms with van der Waals surface area (Å²) in [5.41, 5.74) is 3.26. The SMILES string of the molecule is Cc1cc(C)n(CC(=O)NCC2=CCNCC2)n1.Cl.Cl. The molecule has 0 fully saturated rings. The second-order valence-electron chi connectivity index (χ2n) is 4.68. The van der Waals surface area contributed by atoms with Crippen LogP contribution in [0.3, 0.4) is 0 Å². The Morgan fingerprint density at radius 3 is 2.75 bits per heavy atom. The van der Waals surface area contributed by atoms with Gasteiger partial charge in [0, 0.05) is 18.8 Å². The van der Waals surface area contributed by atoms with Gasteiger partial charge in [0.25, 0.3) is 0 Å². The van der Waals surface area contributed by atoms with Crippen LogP contribution in [0.15, 0.2) is 17.7 Å². The summed E-state index contributed by atoms with van der Waals surface area (Å²) in [6.45, 7) is 6.75. The molecule has 0 aliphatic carbocycles. The van der Waals surface area contributed by atoms with Gasteiger partial charge in [-0.2, -0.15) is 5.10 Å². The van der Waals surface area contributed by atoms with Gasteiger partial charge in [0.1, 0.15) is 6.54 Å². The molecule has 5 nitrogen and oxygen atoms in total. The molecule has 1 aromatic heterocycles. The number of hydrogen-bond donors (Lipinski definition) is 2. The predicted octanol–water partition coefficient (Wildman–Crippen LogP) is 1.38. The highest BCUT2D eigenvalue weighted by atomic mass is 35.5. The third-order valence-corrected chi connectivity index (χ3v) is 3.07. The molecule has 1 aliphatic rings. The zero-order valence-corrected chi connectivity index (χ0v) is 13.4. The summed E-state index contributed by atoms with van der Waals surface area (Å²) in [5, 5.41) is 10.5. The molecule has 0 saturated heterocycles. The van der Waals surface area contributed by atoms with Crippen LogP contribution in [0.5, 0.6) is 0 Å². The third-order valence-electron chi connectivity index (χ3n) is 3.07. The lowest BCUT2D eigenvalue weighted by Gasteiger charge is -2.14. The normalized spacial score (nSPS) is 13.8. The maximum Gasteiger partial charge on any atom is 0.241 e. The van der Waals surface area contributed by atoms with E-state index in [1.54, 1.807) is 4.68 Å². The predicted molar refractivity (Wildman–Crippen MR) is 84.8 cm³/mol. The lowest BCUT2D eigenvalue weighted by Crippen LogP contribution is -2.32. The Balaban J connectivity index is 0.00000180. The van der Waals surface area contributed by atoms with Gasteiger partial charge in [-0.1, -0.05) is 11.6 Å². The van der Waals surface area contributed by atoms with E-state index in [4.69, 9.17) is 0 Å². The summed E-state index contributed by atoms with van der Waals surface area (Å²) < 4.78 is 1.74. The molecule has 1 amide bonds. The first kappa shape index (κ1) is 19.0. The number of hydrogen-bond acceptors (Lipinski definition) is 3. The summed E-state index contributed by atoms with van der Waals surface area (Å²) in [5.74, 6) is 0.0145. The second kappa shape index (κ2) is 9.00. The molecule has 20 heavy (non-hydrogen) atoms. The monoisotopic (exact) mass is 320 g/mol. The number of aryl methyl sites for hydroxylation is 2. The van der Waals surface area contributed by atoms with Gasteiger partial charge >= 0.3 is 0 Å². The lowest BCUT2D eigenvalue weighted by molar-refractivity contribution is -0.121. The molecule has 2 heterocycles. The van der Waals surface area contributed by atoms with Gasteiger partial charge in [-0.25, -0.2) is 0 Å². The van der Waals surface area contributed by atoms with Crippen molar-refractivity contribution in [1.82, 2.24) is 20.4 Å². The summed E-state index contributed by atoms with van der Waals surface area (Å²) in [4.78, 5) is 11.8. The highest BCUT2D eigenvalue weighted by molar-refractivity contribution is 5.85. The first-order valence-electron chi connectivity index (χ1n) is 6.31. The van der Waals surface area contributed by atoms with E-state index in [0.717, 1.165) is 30.9 Å². The zero-order chi connectivity index (χ0) is 13.0. The van der Waals surface area contributed by atoms with Gasteiger partial charge in [-0.15, -0.1) is 24.8 Å². The van der Waals surface area contributed by atoms with E-state index < -0.39 is 0 Å². The minimum absolute atomic E-state index is 0. The fourth-order valence-corrected chi connectivity index (χ4v) is 2.07. The lowest BCUT2D eigenvalue weighted by atomic mass is 10.1. The van der Waals surface area contributed by atoms with Gasteiger partial charge in [0.15, 0.2) is 0 Å². The Morgan fingerprint density at radius 1 is 1.45 bits per heavy atom. The fraction of sp³-hybridized carbons (Fsp3) is 0.538. The maximum atomic E-state index is 11.8. The molecule has 0 atom stereocenters. The average Bonchev–Trinajstić information content (AvgIpc) is 2.67. The number of rotatable bonds is 4. The number of nitrogens with one attached hydrogen (secondary N) is 2. The van der Waals surface area contributed by atoms with Crippen LogP contribution in [-0.4, -0.2) is 35.3 Å². The van der Waals surface area contributed by atoms with E-state index in [1.165, 1.54) is 5.57 Å². The quantitative estimate of drug-likeness (QED) is 0.824. The molecule has 7 heteroatoms. The van der Waals surface area contributed by atoms with Gasteiger partial charge in [-0.3, -0.25) is 9.48 Å². The summed E-state index contributed by atoms with van der Waals surface area (Å²) in [6, 6.07) is 1.97. The van der Waals surface area contributed by atoms with Crippen LogP contribution >= 0.6 is 24.8 Å². The summed E-state index contributed by atoms with van der Waals surface area (Å²) >= 11 is 0. The first-order chi connectivity index (χ1) is 8.65. The number of aromatic nitrogens is 2. The van der Waals surface area contributed by atoms with Crippen molar-refractivity contribution in [3.63, 3.8) is 0 Å². The van der Waals surface area contributed by atoms with Crippen molar-refractivity contribution in [2.24, 2.45) is 0 Å². The van der Waals surface area contributed by atoms with E-state index >= 15 is 0 Å². The van der Waals surface area contributed by atoms with Crippen LogP contribution in [0.25, 0.3) is 0 Å². The van der Waals surface area contributed by atoms with Crippen molar-refractivity contribution in [2.45, 2.75) is 26.8 Å². The topological polar surface area (TPSA) is 59.0 Å². The van der Waals surface area contributed by atoms with Crippen LogP contribution in [0, 0.1) is 13.8 Å². The molecule has 0 bridgehead atoms. The number of nitrogens with zero attached hydrogens (tertiary/aromatic N) is 2. The van der Waals surface area contributed by atoms with E-state index in [-0.39, 0.29) is 30.7 Å². The largest absolute Gasteiger partial charge is 0.351 e. The van der Waals surface area contributed by atoms with Crippen LogP contribution in [0.1, 0.15) is 17.8 Å². The van der Waals surface area contributed by atoms with Crippen LogP contribution in [0.4, 0.5) is 0 Å². The average molecular weight is 321 g/mol. The van der Waals surface area contributed by atoms with Crippen LogP contribution < -0.4 is 10.6 Å². The molecule has 2 rings (SSSR count). The van der Waals surface area contributed by atoms with Gasteiger partial charge in [-0.05, 0) is 32.9 Å². The molecular weight excluding hydrogens is 299 g/mol. The molecule has 1 aliphatic heterocycles. The Bertz CT molecular complexity index is 471. The van der Waals surface area contributed by atoms with Crippen molar-refractivity contribution in [3.8, 4) is 0 Å². The zero-order valence-electron chi connectivity index (χ0n) is 11.8. The minimum Gasteiger partial charge on any atom is -0.351 e. The van der Waals surface area contributed by atoms with E-state index in [0.29, 0.717) is 13.1 Å².